The fourth-order valence-corrected chi connectivity index (χ4v) is 2.22. The summed E-state index contributed by atoms with van der Waals surface area (Å²) >= 11 is 0. The number of imidazole rings is 1. The lowest BCUT2D eigenvalue weighted by Gasteiger charge is -2.16. The molecule has 0 aliphatic carbocycles. The van der Waals surface area contributed by atoms with Crippen LogP contribution in [0.5, 0.6) is 0 Å². The molecule has 108 valence electrons. The highest BCUT2D eigenvalue weighted by atomic mass is 16.6. The fourth-order valence-electron chi connectivity index (χ4n) is 2.22. The maximum absolute atomic E-state index is 9.95. The molecule has 0 spiro atoms. The van der Waals surface area contributed by atoms with E-state index in [9.17, 15) is 15.4 Å². The number of aliphatic hydroxyl groups excluding tert-OH is 3. The standard InChI is InChI=1S/C10H13N5O5/c11-8-5-9(13-3-15(8)19)14(2-12-5)10-7(18)6(17)4(1-16)20-10/h2-4,6-7,10-11,16-19H,1H2/t4-,6+,7+,10+/m0/s1. The van der Waals surface area contributed by atoms with Crippen molar-refractivity contribution in [3.63, 3.8) is 0 Å². The summed E-state index contributed by atoms with van der Waals surface area (Å²) in [6.07, 6.45) is -2.07. The van der Waals surface area contributed by atoms with Crippen LogP contribution in [0.15, 0.2) is 12.7 Å². The zero-order chi connectivity index (χ0) is 14.4. The molecule has 0 amide bonds. The molecule has 2 aromatic rings. The number of ether oxygens (including phenoxy) is 1. The van der Waals surface area contributed by atoms with Crippen molar-refractivity contribution >= 4 is 11.2 Å². The van der Waals surface area contributed by atoms with Crippen molar-refractivity contribution in [2.75, 3.05) is 6.61 Å². The zero-order valence-corrected chi connectivity index (χ0v) is 10.2. The Morgan fingerprint density at radius 2 is 2.00 bits per heavy atom. The topological polar surface area (TPSA) is 150 Å². The summed E-state index contributed by atoms with van der Waals surface area (Å²) in [6.45, 7) is -0.435. The van der Waals surface area contributed by atoms with Gasteiger partial charge >= 0.3 is 0 Å². The van der Waals surface area contributed by atoms with Gasteiger partial charge in [-0.1, -0.05) is 0 Å². The minimum absolute atomic E-state index is 0.118. The van der Waals surface area contributed by atoms with Gasteiger partial charge in [0.15, 0.2) is 22.9 Å². The highest BCUT2D eigenvalue weighted by Crippen LogP contribution is 2.30. The lowest BCUT2D eigenvalue weighted by molar-refractivity contribution is -0.0511. The van der Waals surface area contributed by atoms with Crippen LogP contribution in [0.3, 0.4) is 0 Å². The van der Waals surface area contributed by atoms with Gasteiger partial charge in [0.1, 0.15) is 24.6 Å². The van der Waals surface area contributed by atoms with Crippen LogP contribution in [0.1, 0.15) is 6.23 Å². The highest BCUT2D eigenvalue weighted by Gasteiger charge is 2.43. The molecule has 0 bridgehead atoms. The molecule has 10 nitrogen and oxygen atoms in total. The Labute approximate surface area is 111 Å². The van der Waals surface area contributed by atoms with Crippen LogP contribution in [0, 0.1) is 5.41 Å². The number of aliphatic hydroxyl groups is 3. The molecule has 2 aromatic heterocycles. The van der Waals surface area contributed by atoms with Crippen LogP contribution in [0.25, 0.3) is 11.2 Å². The number of nitrogens with zero attached hydrogens (tertiary/aromatic N) is 4. The predicted octanol–water partition coefficient (Wildman–Crippen LogP) is -2.44. The number of rotatable bonds is 2. The van der Waals surface area contributed by atoms with Gasteiger partial charge in [-0.25, -0.2) is 9.97 Å². The quantitative estimate of drug-likeness (QED) is 0.384. The van der Waals surface area contributed by atoms with Crippen molar-refractivity contribution in [2.45, 2.75) is 24.5 Å². The van der Waals surface area contributed by atoms with E-state index in [-0.39, 0.29) is 16.7 Å². The minimum atomic E-state index is -1.26. The first kappa shape index (κ1) is 13.0. The maximum atomic E-state index is 9.95. The van der Waals surface area contributed by atoms with Gasteiger partial charge in [-0.2, -0.15) is 4.73 Å². The molecule has 0 radical (unpaired) electrons. The summed E-state index contributed by atoms with van der Waals surface area (Å²) in [5.41, 5.74) is 0.0726. The van der Waals surface area contributed by atoms with Gasteiger partial charge in [0.2, 0.25) is 0 Å². The Morgan fingerprint density at radius 1 is 1.25 bits per heavy atom. The van der Waals surface area contributed by atoms with Crippen molar-refractivity contribution in [1.29, 1.82) is 5.41 Å². The van der Waals surface area contributed by atoms with Crippen LogP contribution in [-0.2, 0) is 4.74 Å². The van der Waals surface area contributed by atoms with E-state index < -0.39 is 31.1 Å². The predicted molar refractivity (Wildman–Crippen MR) is 61.6 cm³/mol. The highest BCUT2D eigenvalue weighted by molar-refractivity contribution is 5.68. The first-order valence-electron chi connectivity index (χ1n) is 5.85. The average Bonchev–Trinajstić information content (AvgIpc) is 2.98. The van der Waals surface area contributed by atoms with Gasteiger partial charge in [-0.3, -0.25) is 9.98 Å². The Balaban J connectivity index is 2.08. The Hall–Kier alpha value is -2.01. The van der Waals surface area contributed by atoms with Gasteiger partial charge in [0.25, 0.3) is 0 Å². The van der Waals surface area contributed by atoms with Gasteiger partial charge in [-0.05, 0) is 0 Å². The molecular formula is C10H13N5O5. The Morgan fingerprint density at radius 3 is 2.65 bits per heavy atom. The monoisotopic (exact) mass is 283 g/mol. The maximum Gasteiger partial charge on any atom is 0.192 e. The molecule has 1 aliphatic heterocycles. The van der Waals surface area contributed by atoms with Crippen molar-refractivity contribution < 1.29 is 25.3 Å². The molecule has 3 heterocycles. The fraction of sp³-hybridized carbons (Fsp3) is 0.500. The van der Waals surface area contributed by atoms with Gasteiger partial charge < -0.3 is 25.3 Å². The SMILES string of the molecule is N=c1c2ncn([C@@H]3O[C@@H](CO)[C@@H](O)[C@H]3O)c2ncn1O. The van der Waals surface area contributed by atoms with Gasteiger partial charge in [0.05, 0.1) is 12.9 Å². The third-order valence-electron chi connectivity index (χ3n) is 3.30. The minimum Gasteiger partial charge on any atom is -0.425 e. The smallest absolute Gasteiger partial charge is 0.192 e. The van der Waals surface area contributed by atoms with Crippen molar-refractivity contribution in [3.8, 4) is 0 Å². The van der Waals surface area contributed by atoms with E-state index in [0.29, 0.717) is 4.73 Å². The molecule has 1 aliphatic rings. The number of hydrogen-bond donors (Lipinski definition) is 5. The molecule has 3 rings (SSSR count). The average molecular weight is 283 g/mol. The molecule has 0 aromatic carbocycles. The second-order valence-corrected chi connectivity index (χ2v) is 4.49. The van der Waals surface area contributed by atoms with Crippen LogP contribution in [0.2, 0.25) is 0 Å². The first-order chi connectivity index (χ1) is 9.54. The van der Waals surface area contributed by atoms with E-state index in [1.807, 2.05) is 0 Å². The number of nitrogens with one attached hydrogen (secondary N) is 1. The molecule has 20 heavy (non-hydrogen) atoms. The molecule has 4 atom stereocenters. The van der Waals surface area contributed by atoms with Gasteiger partial charge in [0, 0.05) is 0 Å². The van der Waals surface area contributed by atoms with Crippen LogP contribution in [-0.4, -0.2) is 64.7 Å². The van der Waals surface area contributed by atoms with Gasteiger partial charge in [-0.15, -0.1) is 0 Å². The third kappa shape index (κ3) is 1.70. The summed E-state index contributed by atoms with van der Waals surface area (Å²) in [7, 11) is 0. The summed E-state index contributed by atoms with van der Waals surface area (Å²) in [6, 6.07) is 0. The van der Waals surface area contributed by atoms with E-state index in [0.717, 1.165) is 6.33 Å². The van der Waals surface area contributed by atoms with E-state index >= 15 is 0 Å². The summed E-state index contributed by atoms with van der Waals surface area (Å²) in [5, 5.41) is 45.7. The molecule has 1 fully saturated rings. The summed E-state index contributed by atoms with van der Waals surface area (Å²) in [5.74, 6) is 0. The Kier molecular flexibility index (Phi) is 2.94. The van der Waals surface area contributed by atoms with Crippen LogP contribution >= 0.6 is 0 Å². The molecule has 0 saturated carbocycles. The van der Waals surface area contributed by atoms with Crippen molar-refractivity contribution in [3.05, 3.63) is 18.1 Å². The lowest BCUT2D eigenvalue weighted by Crippen LogP contribution is -2.33. The number of hydrogen-bond acceptors (Lipinski definition) is 8. The van der Waals surface area contributed by atoms with E-state index in [2.05, 4.69) is 9.97 Å². The summed E-state index contributed by atoms with van der Waals surface area (Å²) < 4.78 is 7.22. The molecule has 0 unspecified atom stereocenters. The largest absolute Gasteiger partial charge is 0.425 e. The molecule has 1 saturated heterocycles. The zero-order valence-electron chi connectivity index (χ0n) is 10.2. The van der Waals surface area contributed by atoms with Crippen LogP contribution in [0.4, 0.5) is 0 Å². The van der Waals surface area contributed by atoms with E-state index in [4.69, 9.17) is 15.3 Å². The van der Waals surface area contributed by atoms with Crippen LogP contribution < -0.4 is 5.49 Å². The molecular weight excluding hydrogens is 270 g/mol. The second kappa shape index (κ2) is 4.52. The first-order valence-corrected chi connectivity index (χ1v) is 5.85. The van der Waals surface area contributed by atoms with Crippen molar-refractivity contribution in [1.82, 2.24) is 19.3 Å². The summed E-state index contributed by atoms with van der Waals surface area (Å²) in [4.78, 5) is 7.85. The second-order valence-electron chi connectivity index (χ2n) is 4.49. The molecule has 5 N–H and O–H groups in total. The number of fused-ring (bicyclic) bond motifs is 1. The number of aromatic nitrogens is 4. The van der Waals surface area contributed by atoms with Crippen molar-refractivity contribution in [2.24, 2.45) is 0 Å². The Bertz CT molecular complexity index is 697. The van der Waals surface area contributed by atoms with E-state index in [1.54, 1.807) is 0 Å². The normalized spacial score (nSPS) is 30.1. The molecule has 10 heteroatoms. The third-order valence-corrected chi connectivity index (χ3v) is 3.30. The van der Waals surface area contributed by atoms with E-state index in [1.165, 1.54) is 10.9 Å². The lowest BCUT2D eigenvalue weighted by atomic mass is 10.1.